The molecule has 0 radical (unpaired) electrons. The first-order valence-corrected chi connectivity index (χ1v) is 7.61. The largest absolute Gasteiger partial charge is 0.497 e. The van der Waals surface area contributed by atoms with Crippen molar-refractivity contribution in [1.29, 1.82) is 0 Å². The van der Waals surface area contributed by atoms with Gasteiger partial charge in [0.2, 0.25) is 0 Å². The summed E-state index contributed by atoms with van der Waals surface area (Å²) < 4.78 is 10.3. The number of hydrogen-bond donors (Lipinski definition) is 3. The van der Waals surface area contributed by atoms with E-state index in [2.05, 4.69) is 10.6 Å². The van der Waals surface area contributed by atoms with Crippen LogP contribution in [0.1, 0.15) is 11.7 Å². The number of nitrogens with one attached hydrogen (secondary N) is 2. The molecule has 2 amide bonds. The molecule has 6 nitrogen and oxygen atoms in total. The van der Waals surface area contributed by atoms with Gasteiger partial charge in [0.1, 0.15) is 11.5 Å². The number of halogens is 1. The molecular weight excluding hydrogens is 332 g/mol. The molecule has 7 heteroatoms. The Bertz CT molecular complexity index is 686. The molecular formula is C17H19ClN2O4. The van der Waals surface area contributed by atoms with E-state index < -0.39 is 12.1 Å². The highest BCUT2D eigenvalue weighted by Crippen LogP contribution is 2.25. The highest BCUT2D eigenvalue weighted by atomic mass is 35.5. The molecule has 0 heterocycles. The van der Waals surface area contributed by atoms with E-state index in [0.717, 1.165) is 0 Å². The van der Waals surface area contributed by atoms with Crippen LogP contribution in [-0.4, -0.2) is 31.9 Å². The van der Waals surface area contributed by atoms with Crippen LogP contribution in [0.4, 0.5) is 10.5 Å². The number of ether oxygens (including phenoxy) is 2. The smallest absolute Gasteiger partial charge is 0.319 e. The van der Waals surface area contributed by atoms with E-state index in [9.17, 15) is 9.90 Å². The first-order valence-electron chi connectivity index (χ1n) is 7.23. The third kappa shape index (κ3) is 5.04. The number of urea groups is 1. The van der Waals surface area contributed by atoms with Crippen LogP contribution < -0.4 is 20.1 Å². The van der Waals surface area contributed by atoms with Crippen molar-refractivity contribution < 1.29 is 19.4 Å². The van der Waals surface area contributed by atoms with E-state index in [0.29, 0.717) is 27.8 Å². The second-order valence-electron chi connectivity index (χ2n) is 5.01. The molecule has 0 bridgehead atoms. The molecule has 1 atom stereocenters. The van der Waals surface area contributed by atoms with E-state index in [4.69, 9.17) is 21.1 Å². The molecule has 0 aliphatic rings. The number of hydrogen-bond acceptors (Lipinski definition) is 4. The lowest BCUT2D eigenvalue weighted by atomic mass is 10.1. The predicted molar refractivity (Wildman–Crippen MR) is 93.0 cm³/mol. The van der Waals surface area contributed by atoms with Crippen LogP contribution in [0.25, 0.3) is 0 Å². The summed E-state index contributed by atoms with van der Waals surface area (Å²) in [4.78, 5) is 12.0. The minimum absolute atomic E-state index is 0.0489. The number of anilines is 1. The van der Waals surface area contributed by atoms with Crippen LogP contribution >= 0.6 is 11.6 Å². The first kappa shape index (κ1) is 17.9. The zero-order chi connectivity index (χ0) is 17.5. The zero-order valence-corrected chi connectivity index (χ0v) is 14.1. The fraction of sp³-hybridized carbons (Fsp3) is 0.235. The van der Waals surface area contributed by atoms with Gasteiger partial charge < -0.3 is 25.2 Å². The summed E-state index contributed by atoms with van der Waals surface area (Å²) in [6, 6.07) is 11.4. The quantitative estimate of drug-likeness (QED) is 0.747. The second kappa shape index (κ2) is 8.42. The maximum absolute atomic E-state index is 12.0. The standard InChI is InChI=1S/C17H19ClN2O4/c1-23-14-7-13(8-15(9-14)24-2)20-17(22)19-10-16(21)11-4-3-5-12(18)6-11/h3-9,16,21H,10H2,1-2H3,(H2,19,20,22). The summed E-state index contributed by atoms with van der Waals surface area (Å²) in [7, 11) is 3.06. The maximum atomic E-state index is 12.0. The average Bonchev–Trinajstić information content (AvgIpc) is 2.59. The van der Waals surface area contributed by atoms with Crippen LogP contribution in [0.2, 0.25) is 5.02 Å². The van der Waals surface area contributed by atoms with Crippen molar-refractivity contribution in [2.45, 2.75) is 6.10 Å². The molecule has 0 aliphatic carbocycles. The normalized spacial score (nSPS) is 11.5. The highest BCUT2D eigenvalue weighted by Gasteiger charge is 2.11. The molecule has 0 fully saturated rings. The number of carbonyl (C=O) groups is 1. The Kier molecular flexibility index (Phi) is 6.28. The van der Waals surface area contributed by atoms with Crippen molar-refractivity contribution >= 4 is 23.3 Å². The highest BCUT2D eigenvalue weighted by molar-refractivity contribution is 6.30. The lowest BCUT2D eigenvalue weighted by Gasteiger charge is -2.14. The van der Waals surface area contributed by atoms with Gasteiger partial charge in [0.15, 0.2) is 0 Å². The summed E-state index contributed by atoms with van der Waals surface area (Å²) >= 11 is 5.88. The van der Waals surface area contributed by atoms with E-state index >= 15 is 0 Å². The van der Waals surface area contributed by atoms with E-state index in [1.807, 2.05) is 0 Å². The Morgan fingerprint density at radius 3 is 2.42 bits per heavy atom. The monoisotopic (exact) mass is 350 g/mol. The fourth-order valence-electron chi connectivity index (χ4n) is 2.08. The number of carbonyl (C=O) groups excluding carboxylic acids is 1. The summed E-state index contributed by atoms with van der Waals surface area (Å²) in [6.45, 7) is 0.0489. The third-order valence-electron chi connectivity index (χ3n) is 3.30. The van der Waals surface area contributed by atoms with Gasteiger partial charge in [-0.25, -0.2) is 4.79 Å². The van der Waals surface area contributed by atoms with Gasteiger partial charge in [-0.3, -0.25) is 0 Å². The van der Waals surface area contributed by atoms with Crippen LogP contribution in [-0.2, 0) is 0 Å². The van der Waals surface area contributed by atoms with Crippen molar-refractivity contribution in [3.63, 3.8) is 0 Å². The van der Waals surface area contributed by atoms with E-state index in [-0.39, 0.29) is 6.54 Å². The predicted octanol–water partition coefficient (Wildman–Crippen LogP) is 3.21. The Morgan fingerprint density at radius 2 is 1.83 bits per heavy atom. The SMILES string of the molecule is COc1cc(NC(=O)NCC(O)c2cccc(Cl)c2)cc(OC)c1. The Labute approximate surface area is 145 Å². The Morgan fingerprint density at radius 1 is 1.17 bits per heavy atom. The van der Waals surface area contributed by atoms with Crippen LogP contribution in [0, 0.1) is 0 Å². The van der Waals surface area contributed by atoms with Crippen molar-refractivity contribution in [3.05, 3.63) is 53.1 Å². The molecule has 24 heavy (non-hydrogen) atoms. The molecule has 0 aromatic heterocycles. The third-order valence-corrected chi connectivity index (χ3v) is 3.53. The summed E-state index contributed by atoms with van der Waals surface area (Å²) in [6.07, 6.45) is -0.853. The molecule has 0 saturated heterocycles. The number of amides is 2. The number of aliphatic hydroxyl groups is 1. The lowest BCUT2D eigenvalue weighted by Crippen LogP contribution is -2.32. The van der Waals surface area contributed by atoms with Gasteiger partial charge in [-0.2, -0.15) is 0 Å². The second-order valence-corrected chi connectivity index (χ2v) is 5.44. The number of aliphatic hydroxyl groups excluding tert-OH is 1. The Hall–Kier alpha value is -2.44. The minimum atomic E-state index is -0.853. The molecule has 2 aromatic carbocycles. The van der Waals surface area contributed by atoms with Crippen molar-refractivity contribution in [2.75, 3.05) is 26.1 Å². The zero-order valence-electron chi connectivity index (χ0n) is 13.4. The summed E-state index contributed by atoms with van der Waals surface area (Å²) in [5.41, 5.74) is 1.15. The molecule has 128 valence electrons. The lowest BCUT2D eigenvalue weighted by molar-refractivity contribution is 0.175. The molecule has 1 unspecified atom stereocenters. The van der Waals surface area contributed by atoms with Crippen LogP contribution in [0.5, 0.6) is 11.5 Å². The molecule has 0 aliphatic heterocycles. The number of rotatable bonds is 6. The van der Waals surface area contributed by atoms with E-state index in [1.165, 1.54) is 14.2 Å². The molecule has 3 N–H and O–H groups in total. The van der Waals surface area contributed by atoms with Crippen molar-refractivity contribution in [2.24, 2.45) is 0 Å². The molecule has 0 spiro atoms. The van der Waals surface area contributed by atoms with Gasteiger partial charge in [0.25, 0.3) is 0 Å². The first-order chi connectivity index (χ1) is 11.5. The van der Waals surface area contributed by atoms with Gasteiger partial charge in [-0.05, 0) is 17.7 Å². The van der Waals surface area contributed by atoms with Crippen LogP contribution in [0.15, 0.2) is 42.5 Å². The number of methoxy groups -OCH3 is 2. The average molecular weight is 351 g/mol. The number of benzene rings is 2. The molecule has 0 saturated carbocycles. The minimum Gasteiger partial charge on any atom is -0.497 e. The summed E-state index contributed by atoms with van der Waals surface area (Å²) in [5, 5.41) is 15.9. The van der Waals surface area contributed by atoms with E-state index in [1.54, 1.807) is 42.5 Å². The Balaban J connectivity index is 1.93. The van der Waals surface area contributed by atoms with Gasteiger partial charge in [0.05, 0.1) is 20.3 Å². The van der Waals surface area contributed by atoms with Gasteiger partial charge in [0, 0.05) is 35.5 Å². The summed E-state index contributed by atoms with van der Waals surface area (Å²) in [5.74, 6) is 1.12. The maximum Gasteiger partial charge on any atom is 0.319 e. The van der Waals surface area contributed by atoms with Crippen molar-refractivity contribution in [1.82, 2.24) is 5.32 Å². The van der Waals surface area contributed by atoms with Gasteiger partial charge in [-0.1, -0.05) is 23.7 Å². The van der Waals surface area contributed by atoms with Gasteiger partial charge in [-0.15, -0.1) is 0 Å². The van der Waals surface area contributed by atoms with Gasteiger partial charge >= 0.3 is 6.03 Å². The fourth-order valence-corrected chi connectivity index (χ4v) is 2.27. The van der Waals surface area contributed by atoms with Crippen molar-refractivity contribution in [3.8, 4) is 11.5 Å². The van der Waals surface area contributed by atoms with Crippen LogP contribution in [0.3, 0.4) is 0 Å². The molecule has 2 rings (SSSR count). The molecule has 2 aromatic rings. The topological polar surface area (TPSA) is 79.8 Å².